The third-order valence-corrected chi connectivity index (χ3v) is 3.50. The van der Waals surface area contributed by atoms with Gasteiger partial charge in [0.15, 0.2) is 6.29 Å². The van der Waals surface area contributed by atoms with Crippen molar-refractivity contribution in [2.24, 2.45) is 5.73 Å². The minimum atomic E-state index is -1.64. The Morgan fingerprint density at radius 1 is 1.24 bits per heavy atom. The van der Waals surface area contributed by atoms with E-state index in [4.69, 9.17) is 31.3 Å². The lowest BCUT2D eigenvalue weighted by atomic mass is 10.1. The molecule has 0 saturated heterocycles. The summed E-state index contributed by atoms with van der Waals surface area (Å²) >= 11 is 0. The summed E-state index contributed by atoms with van der Waals surface area (Å²) in [6.07, 6.45) is -2.47. The van der Waals surface area contributed by atoms with Gasteiger partial charge in [-0.25, -0.2) is 0 Å². The number of para-hydroxylation sites is 1. The van der Waals surface area contributed by atoms with Crippen LogP contribution in [-0.2, 0) is 16.0 Å². The van der Waals surface area contributed by atoms with Crippen LogP contribution in [0.5, 0.6) is 0 Å². The number of hydrogen-bond donors (Lipinski definition) is 7. The molecule has 0 aliphatic heterocycles. The molecule has 1 aromatic carbocycles. The summed E-state index contributed by atoms with van der Waals surface area (Å²) in [7, 11) is 0. The third-order valence-electron chi connectivity index (χ3n) is 3.50. The van der Waals surface area contributed by atoms with Crippen LogP contribution in [-0.4, -0.2) is 73.7 Å². The van der Waals surface area contributed by atoms with Crippen molar-refractivity contribution in [3.63, 3.8) is 0 Å². The van der Waals surface area contributed by atoms with Gasteiger partial charge in [0.25, 0.3) is 0 Å². The Morgan fingerprint density at radius 2 is 1.88 bits per heavy atom. The van der Waals surface area contributed by atoms with Crippen LogP contribution >= 0.6 is 0 Å². The van der Waals surface area contributed by atoms with E-state index in [0.717, 1.165) is 16.5 Å². The molecule has 0 spiro atoms. The lowest BCUT2D eigenvalue weighted by Crippen LogP contribution is -2.40. The Bertz CT molecular complexity index is 688. The molecule has 1 aromatic heterocycles. The first kappa shape index (κ1) is 20.7. The third kappa shape index (κ3) is 5.93. The van der Waals surface area contributed by atoms with E-state index in [1.54, 1.807) is 0 Å². The molecule has 0 radical (unpaired) electrons. The summed E-state index contributed by atoms with van der Waals surface area (Å²) in [5, 5.41) is 43.8. The summed E-state index contributed by atoms with van der Waals surface area (Å²) in [5.41, 5.74) is 7.43. The monoisotopic (exact) mass is 354 g/mol. The van der Waals surface area contributed by atoms with Crippen molar-refractivity contribution in [3.8, 4) is 0 Å². The van der Waals surface area contributed by atoms with E-state index in [1.165, 1.54) is 0 Å². The van der Waals surface area contributed by atoms with Crippen molar-refractivity contribution in [2.75, 3.05) is 6.61 Å². The van der Waals surface area contributed by atoms with Gasteiger partial charge in [-0.05, 0) is 11.6 Å². The number of carbonyl (C=O) groups excluding carboxylic acids is 1. The lowest BCUT2D eigenvalue weighted by molar-refractivity contribution is -0.138. The molecule has 2 aromatic rings. The van der Waals surface area contributed by atoms with Crippen LogP contribution in [0.25, 0.3) is 10.9 Å². The lowest BCUT2D eigenvalue weighted by Gasteiger charge is -2.16. The van der Waals surface area contributed by atoms with Crippen LogP contribution in [0, 0.1) is 0 Å². The van der Waals surface area contributed by atoms with Crippen molar-refractivity contribution in [3.05, 3.63) is 36.0 Å². The van der Waals surface area contributed by atoms with Crippen molar-refractivity contribution >= 4 is 23.2 Å². The largest absolute Gasteiger partial charge is 0.480 e. The number of aldehydes is 1. The van der Waals surface area contributed by atoms with Gasteiger partial charge in [-0.3, -0.25) is 4.79 Å². The van der Waals surface area contributed by atoms with Crippen LogP contribution in [0.4, 0.5) is 0 Å². The maximum absolute atomic E-state index is 10.6. The maximum atomic E-state index is 10.6. The Balaban J connectivity index is 0.000000275. The molecule has 138 valence electrons. The van der Waals surface area contributed by atoms with Crippen LogP contribution in [0.15, 0.2) is 30.5 Å². The van der Waals surface area contributed by atoms with Gasteiger partial charge in [-0.1, -0.05) is 18.2 Å². The van der Waals surface area contributed by atoms with Gasteiger partial charge in [0.2, 0.25) is 0 Å². The maximum Gasteiger partial charge on any atom is 0.320 e. The number of rotatable bonds is 7. The molecule has 4 atom stereocenters. The molecule has 0 amide bonds. The number of fused-ring (bicyclic) bond motifs is 1. The van der Waals surface area contributed by atoms with Crippen molar-refractivity contribution < 1.29 is 35.1 Å². The predicted molar refractivity (Wildman–Crippen MR) is 88.8 cm³/mol. The summed E-state index contributed by atoms with van der Waals surface area (Å²) in [5.74, 6) is -0.972. The van der Waals surface area contributed by atoms with Gasteiger partial charge in [-0.2, -0.15) is 0 Å². The van der Waals surface area contributed by atoms with Crippen molar-refractivity contribution in [2.45, 2.75) is 30.8 Å². The molecular weight excluding hydrogens is 332 g/mol. The zero-order valence-corrected chi connectivity index (χ0v) is 13.3. The van der Waals surface area contributed by atoms with Gasteiger partial charge in [0.1, 0.15) is 24.4 Å². The topological polar surface area (TPSA) is 177 Å². The van der Waals surface area contributed by atoms with E-state index in [0.29, 0.717) is 6.42 Å². The summed E-state index contributed by atoms with van der Waals surface area (Å²) in [6.45, 7) is -0.688. The number of carboxylic acids is 1. The highest BCUT2D eigenvalue weighted by Crippen LogP contribution is 2.18. The molecule has 1 unspecified atom stereocenters. The van der Waals surface area contributed by atoms with Crippen LogP contribution in [0.3, 0.4) is 0 Å². The zero-order valence-electron chi connectivity index (χ0n) is 13.3. The molecule has 0 bridgehead atoms. The number of nitrogens with two attached hydrogens (primary N) is 1. The first-order valence-corrected chi connectivity index (χ1v) is 7.45. The first-order valence-electron chi connectivity index (χ1n) is 7.45. The number of aliphatic carboxylic acids is 1. The van der Waals surface area contributed by atoms with E-state index >= 15 is 0 Å². The Kier molecular flexibility index (Phi) is 8.19. The zero-order chi connectivity index (χ0) is 19.0. The average Bonchev–Trinajstić information content (AvgIpc) is 3.03. The second-order valence-corrected chi connectivity index (χ2v) is 5.38. The van der Waals surface area contributed by atoms with Crippen LogP contribution in [0.2, 0.25) is 0 Å². The van der Waals surface area contributed by atoms with E-state index in [1.807, 2.05) is 30.5 Å². The smallest absolute Gasteiger partial charge is 0.320 e. The quantitative estimate of drug-likeness (QED) is 0.290. The SMILES string of the molecule is NC(Cc1c[nH]c2ccccc12)C(=O)O.O=C[C@H](O)[C@@H](O)[C@H](O)CO. The molecule has 1 heterocycles. The molecule has 0 aliphatic rings. The molecule has 8 N–H and O–H groups in total. The number of nitrogens with one attached hydrogen (secondary N) is 1. The van der Waals surface area contributed by atoms with E-state index < -0.39 is 36.9 Å². The van der Waals surface area contributed by atoms with E-state index in [9.17, 15) is 9.59 Å². The summed E-state index contributed by atoms with van der Waals surface area (Å²) in [6, 6.07) is 6.91. The number of benzene rings is 1. The fourth-order valence-electron chi connectivity index (χ4n) is 2.04. The molecular formula is C16H22N2O7. The second kappa shape index (κ2) is 9.87. The standard InChI is InChI=1S/C11H12N2O2.C5H10O5/c12-9(11(14)15)5-7-6-13-10-4-2-1-3-8(7)10;6-1-3(8)5(10)4(9)2-7/h1-4,6,9,13H,5,12H2,(H,14,15);1,3-5,7-10H,2H2/t;3-,4+,5+/m.0/s1. The number of carboxylic acid groups (broad SMARTS) is 1. The summed E-state index contributed by atoms with van der Waals surface area (Å²) in [4.78, 5) is 23.5. The fraction of sp³-hybridized carbons (Fsp3) is 0.375. The van der Waals surface area contributed by atoms with Crippen molar-refractivity contribution in [1.82, 2.24) is 4.98 Å². The van der Waals surface area contributed by atoms with Gasteiger partial charge >= 0.3 is 5.97 Å². The van der Waals surface area contributed by atoms with Gasteiger partial charge in [-0.15, -0.1) is 0 Å². The minimum Gasteiger partial charge on any atom is -0.480 e. The number of carbonyl (C=O) groups is 2. The highest BCUT2D eigenvalue weighted by Gasteiger charge is 2.22. The van der Waals surface area contributed by atoms with Gasteiger partial charge < -0.3 is 41.0 Å². The Hall–Kier alpha value is -2.30. The Labute approximate surface area is 143 Å². The Morgan fingerprint density at radius 3 is 2.44 bits per heavy atom. The van der Waals surface area contributed by atoms with Crippen LogP contribution in [0.1, 0.15) is 5.56 Å². The van der Waals surface area contributed by atoms with Gasteiger partial charge in [0.05, 0.1) is 6.61 Å². The average molecular weight is 354 g/mol. The second-order valence-electron chi connectivity index (χ2n) is 5.38. The van der Waals surface area contributed by atoms with E-state index in [-0.39, 0.29) is 6.29 Å². The first-order chi connectivity index (χ1) is 11.8. The molecule has 9 heteroatoms. The molecule has 0 saturated carbocycles. The van der Waals surface area contributed by atoms with E-state index in [2.05, 4.69) is 4.98 Å². The van der Waals surface area contributed by atoms with Crippen molar-refractivity contribution in [1.29, 1.82) is 0 Å². The number of aromatic amines is 1. The molecule has 25 heavy (non-hydrogen) atoms. The predicted octanol–water partition coefficient (Wildman–Crippen LogP) is -1.62. The molecule has 0 aliphatic carbocycles. The number of hydrogen-bond acceptors (Lipinski definition) is 7. The molecule has 9 nitrogen and oxygen atoms in total. The minimum absolute atomic E-state index is 0.0869. The molecule has 0 fully saturated rings. The van der Waals surface area contributed by atoms with Gasteiger partial charge in [0, 0.05) is 23.5 Å². The number of aliphatic hydroxyl groups is 4. The number of aromatic nitrogens is 1. The molecule has 2 rings (SSSR count). The fourth-order valence-corrected chi connectivity index (χ4v) is 2.04. The number of H-pyrrole nitrogens is 1. The number of aliphatic hydroxyl groups excluding tert-OH is 4. The van der Waals surface area contributed by atoms with Crippen LogP contribution < -0.4 is 5.73 Å². The highest BCUT2D eigenvalue weighted by atomic mass is 16.4. The highest BCUT2D eigenvalue weighted by molar-refractivity contribution is 5.84. The summed E-state index contributed by atoms with van der Waals surface area (Å²) < 4.78 is 0. The normalized spacial score (nSPS) is 15.6.